The Morgan fingerprint density at radius 2 is 1.83 bits per heavy atom. The van der Waals surface area contributed by atoms with Crippen molar-refractivity contribution < 1.29 is 9.50 Å². The van der Waals surface area contributed by atoms with Crippen LogP contribution in [-0.4, -0.2) is 53.7 Å². The van der Waals surface area contributed by atoms with Crippen LogP contribution in [0.2, 0.25) is 0 Å². The molecule has 0 spiro atoms. The molecule has 0 saturated carbocycles. The SMILES string of the molecule is CCNC(=NCc1ccc(CN2CCC(O)CC2)cc1)N(C)Cc1cccc(F)c1. The number of halogens is 1. The number of likely N-dealkylation sites (tertiary alicyclic amines) is 1. The summed E-state index contributed by atoms with van der Waals surface area (Å²) < 4.78 is 13.5. The molecule has 3 rings (SSSR count). The number of guanidine groups is 1. The van der Waals surface area contributed by atoms with Crippen LogP contribution >= 0.6 is 0 Å². The molecular formula is C24H33FN4O. The lowest BCUT2D eigenvalue weighted by Crippen LogP contribution is -2.38. The fraction of sp³-hybridized carbons (Fsp3) is 0.458. The molecule has 1 heterocycles. The van der Waals surface area contributed by atoms with Gasteiger partial charge in [-0.3, -0.25) is 4.90 Å². The van der Waals surface area contributed by atoms with Crippen molar-refractivity contribution in [2.75, 3.05) is 26.7 Å². The summed E-state index contributed by atoms with van der Waals surface area (Å²) in [7, 11) is 1.96. The van der Waals surface area contributed by atoms with Gasteiger partial charge in [-0.1, -0.05) is 36.4 Å². The number of aliphatic imine (C=N–C) groups is 1. The van der Waals surface area contributed by atoms with Crippen LogP contribution in [0.3, 0.4) is 0 Å². The van der Waals surface area contributed by atoms with E-state index >= 15 is 0 Å². The topological polar surface area (TPSA) is 51.1 Å². The van der Waals surface area contributed by atoms with Gasteiger partial charge >= 0.3 is 0 Å². The van der Waals surface area contributed by atoms with Crippen LogP contribution in [0.1, 0.15) is 36.5 Å². The van der Waals surface area contributed by atoms with Gasteiger partial charge in [0.05, 0.1) is 12.6 Å². The number of rotatable bonds is 7. The van der Waals surface area contributed by atoms with Crippen LogP contribution in [0.25, 0.3) is 0 Å². The molecule has 6 heteroatoms. The highest BCUT2D eigenvalue weighted by atomic mass is 19.1. The molecule has 0 radical (unpaired) electrons. The van der Waals surface area contributed by atoms with E-state index in [1.54, 1.807) is 12.1 Å². The van der Waals surface area contributed by atoms with E-state index in [2.05, 4.69) is 34.5 Å². The highest BCUT2D eigenvalue weighted by Gasteiger charge is 2.16. The molecule has 1 aliphatic heterocycles. The van der Waals surface area contributed by atoms with E-state index in [-0.39, 0.29) is 11.9 Å². The van der Waals surface area contributed by atoms with Crippen molar-refractivity contribution in [3.05, 3.63) is 71.0 Å². The van der Waals surface area contributed by atoms with E-state index in [9.17, 15) is 9.50 Å². The molecule has 30 heavy (non-hydrogen) atoms. The predicted octanol–water partition coefficient (Wildman–Crippen LogP) is 3.38. The molecule has 0 atom stereocenters. The van der Waals surface area contributed by atoms with Gasteiger partial charge in [0, 0.05) is 39.8 Å². The van der Waals surface area contributed by atoms with E-state index < -0.39 is 0 Å². The van der Waals surface area contributed by atoms with Gasteiger partial charge in [0.25, 0.3) is 0 Å². The van der Waals surface area contributed by atoms with Crippen LogP contribution in [0.5, 0.6) is 0 Å². The van der Waals surface area contributed by atoms with Gasteiger partial charge < -0.3 is 15.3 Å². The molecule has 1 saturated heterocycles. The molecule has 0 aromatic heterocycles. The van der Waals surface area contributed by atoms with Crippen molar-refractivity contribution in [1.82, 2.24) is 15.1 Å². The molecule has 162 valence electrons. The third-order valence-corrected chi connectivity index (χ3v) is 5.40. The number of hydrogen-bond donors (Lipinski definition) is 2. The van der Waals surface area contributed by atoms with Gasteiger partial charge in [-0.25, -0.2) is 9.38 Å². The van der Waals surface area contributed by atoms with E-state index in [1.165, 1.54) is 11.6 Å². The van der Waals surface area contributed by atoms with Crippen molar-refractivity contribution in [1.29, 1.82) is 0 Å². The first-order valence-electron chi connectivity index (χ1n) is 10.8. The Morgan fingerprint density at radius 1 is 1.13 bits per heavy atom. The second-order valence-electron chi connectivity index (χ2n) is 7.98. The smallest absolute Gasteiger partial charge is 0.194 e. The minimum atomic E-state index is -0.219. The summed E-state index contributed by atoms with van der Waals surface area (Å²) in [5, 5.41) is 13.0. The normalized spacial score (nSPS) is 15.9. The van der Waals surface area contributed by atoms with Crippen molar-refractivity contribution in [2.24, 2.45) is 4.99 Å². The Labute approximate surface area is 179 Å². The molecule has 0 amide bonds. The predicted molar refractivity (Wildman–Crippen MR) is 120 cm³/mol. The zero-order valence-electron chi connectivity index (χ0n) is 18.0. The van der Waals surface area contributed by atoms with Crippen LogP contribution in [-0.2, 0) is 19.6 Å². The lowest BCUT2D eigenvalue weighted by atomic mass is 10.1. The van der Waals surface area contributed by atoms with Gasteiger partial charge in [-0.2, -0.15) is 0 Å². The molecule has 0 aliphatic carbocycles. The molecule has 0 bridgehead atoms. The van der Waals surface area contributed by atoms with Crippen LogP contribution in [0.4, 0.5) is 4.39 Å². The molecule has 2 N–H and O–H groups in total. The quantitative estimate of drug-likeness (QED) is 0.541. The fourth-order valence-corrected chi connectivity index (χ4v) is 3.71. The summed E-state index contributed by atoms with van der Waals surface area (Å²) in [6, 6.07) is 15.3. The minimum absolute atomic E-state index is 0.133. The Bertz CT molecular complexity index is 816. The summed E-state index contributed by atoms with van der Waals surface area (Å²) in [5.74, 6) is 0.585. The molecule has 5 nitrogen and oxygen atoms in total. The molecule has 2 aromatic rings. The van der Waals surface area contributed by atoms with Gasteiger partial charge in [-0.15, -0.1) is 0 Å². The molecule has 1 fully saturated rings. The second-order valence-corrected chi connectivity index (χ2v) is 7.98. The van der Waals surface area contributed by atoms with Gasteiger partial charge in [0.15, 0.2) is 5.96 Å². The van der Waals surface area contributed by atoms with Crippen LogP contribution in [0, 0.1) is 5.82 Å². The summed E-state index contributed by atoms with van der Waals surface area (Å²) in [6.45, 7) is 6.83. The third kappa shape index (κ3) is 6.82. The highest BCUT2D eigenvalue weighted by molar-refractivity contribution is 5.79. The maximum Gasteiger partial charge on any atom is 0.194 e. The average Bonchev–Trinajstić information content (AvgIpc) is 2.74. The lowest BCUT2D eigenvalue weighted by molar-refractivity contribution is 0.0792. The van der Waals surface area contributed by atoms with Crippen molar-refractivity contribution in [2.45, 2.75) is 45.5 Å². The summed E-state index contributed by atoms with van der Waals surface area (Å²) in [6.07, 6.45) is 1.60. The number of hydrogen-bond acceptors (Lipinski definition) is 3. The van der Waals surface area contributed by atoms with E-state index in [0.29, 0.717) is 13.1 Å². The Morgan fingerprint density at radius 3 is 2.50 bits per heavy atom. The van der Waals surface area contributed by atoms with Crippen molar-refractivity contribution >= 4 is 5.96 Å². The number of nitrogens with zero attached hydrogens (tertiary/aromatic N) is 3. The largest absolute Gasteiger partial charge is 0.393 e. The van der Waals surface area contributed by atoms with Gasteiger partial charge in [0.2, 0.25) is 0 Å². The van der Waals surface area contributed by atoms with Gasteiger partial charge in [-0.05, 0) is 48.6 Å². The molecule has 0 unspecified atom stereocenters. The number of nitrogens with one attached hydrogen (secondary N) is 1. The van der Waals surface area contributed by atoms with Crippen LogP contribution < -0.4 is 5.32 Å². The number of aliphatic hydroxyl groups is 1. The van der Waals surface area contributed by atoms with Crippen molar-refractivity contribution in [3.8, 4) is 0 Å². The van der Waals surface area contributed by atoms with E-state index in [1.807, 2.05) is 24.9 Å². The first-order chi connectivity index (χ1) is 14.5. The third-order valence-electron chi connectivity index (χ3n) is 5.40. The minimum Gasteiger partial charge on any atom is -0.393 e. The van der Waals surface area contributed by atoms with Crippen LogP contribution in [0.15, 0.2) is 53.5 Å². The van der Waals surface area contributed by atoms with Crippen molar-refractivity contribution in [3.63, 3.8) is 0 Å². The number of aliphatic hydroxyl groups excluding tert-OH is 1. The van der Waals surface area contributed by atoms with E-state index in [4.69, 9.17) is 4.99 Å². The summed E-state index contributed by atoms with van der Waals surface area (Å²) in [4.78, 5) is 9.16. The monoisotopic (exact) mass is 412 g/mol. The maximum absolute atomic E-state index is 13.5. The first kappa shape index (κ1) is 22.2. The first-order valence-corrected chi connectivity index (χ1v) is 10.8. The zero-order chi connectivity index (χ0) is 21.3. The summed E-state index contributed by atoms with van der Waals surface area (Å²) in [5.41, 5.74) is 3.36. The number of benzene rings is 2. The lowest BCUT2D eigenvalue weighted by Gasteiger charge is -2.29. The maximum atomic E-state index is 13.5. The fourth-order valence-electron chi connectivity index (χ4n) is 3.71. The highest BCUT2D eigenvalue weighted by Crippen LogP contribution is 2.15. The Balaban J connectivity index is 1.57. The number of piperidine rings is 1. The molecular weight excluding hydrogens is 379 g/mol. The Hall–Kier alpha value is -2.44. The standard InChI is InChI=1S/C24H33FN4O/c1-3-26-24(28(2)17-21-5-4-6-22(25)15-21)27-16-19-7-9-20(10-8-19)18-29-13-11-23(30)12-14-29/h4-10,15,23,30H,3,11-14,16-18H2,1-2H3,(H,26,27). The van der Waals surface area contributed by atoms with Gasteiger partial charge in [0.1, 0.15) is 5.82 Å². The Kier molecular flexibility index (Phi) is 8.22. The molecule has 2 aromatic carbocycles. The average molecular weight is 413 g/mol. The van der Waals surface area contributed by atoms with E-state index in [0.717, 1.165) is 56.1 Å². The summed E-state index contributed by atoms with van der Waals surface area (Å²) >= 11 is 0. The second kappa shape index (κ2) is 11.1. The molecule has 1 aliphatic rings. The zero-order valence-corrected chi connectivity index (χ0v) is 18.0.